The molecule has 292 valence electrons. The van der Waals surface area contributed by atoms with Gasteiger partial charge in [0.15, 0.2) is 17.3 Å². The Hall–Kier alpha value is -5.13. The second-order valence-electron chi connectivity index (χ2n) is 16.4. The first-order chi connectivity index (χ1) is 27.2. The number of benzene rings is 3. The number of hydrogen-bond acceptors (Lipinski definition) is 9. The predicted octanol–water partition coefficient (Wildman–Crippen LogP) is 8.87. The van der Waals surface area contributed by atoms with Crippen molar-refractivity contribution < 1.29 is 28.1 Å². The SMILES string of the molecule is COc1ccc(CN2CCN(C3CC4(CCN(c5cc(Oc6cnc7[nH]ccc7c6)c(C(C)=O)cc5F)CC4)C3)[C@H](c3ccccc3C(C)C)C2)c2c1OCO2. The Labute approximate surface area is 327 Å². The minimum Gasteiger partial charge on any atom is -0.493 e. The number of piperidine rings is 1. The second-order valence-corrected chi connectivity index (χ2v) is 16.4. The molecule has 3 aromatic carbocycles. The Morgan fingerprint density at radius 2 is 1.80 bits per heavy atom. The van der Waals surface area contributed by atoms with Crippen LogP contribution in [0.15, 0.2) is 73.1 Å². The molecule has 9 rings (SSSR count). The fourth-order valence-electron chi connectivity index (χ4n) is 9.66. The van der Waals surface area contributed by atoms with Gasteiger partial charge in [-0.15, -0.1) is 0 Å². The lowest BCUT2D eigenvalue weighted by atomic mass is 9.59. The molecular formula is C45H50FN5O5. The highest BCUT2D eigenvalue weighted by Crippen LogP contribution is 2.54. The summed E-state index contributed by atoms with van der Waals surface area (Å²) in [5.41, 5.74) is 5.66. The molecule has 1 saturated carbocycles. The highest BCUT2D eigenvalue weighted by atomic mass is 19.1. The molecule has 0 radical (unpaired) electrons. The van der Waals surface area contributed by atoms with Gasteiger partial charge >= 0.3 is 0 Å². The molecule has 1 aliphatic carbocycles. The maximum absolute atomic E-state index is 15.7. The second kappa shape index (κ2) is 14.7. The molecule has 0 unspecified atom stereocenters. The quantitative estimate of drug-likeness (QED) is 0.140. The number of halogens is 1. The number of fused-ring (bicyclic) bond motifs is 2. The summed E-state index contributed by atoms with van der Waals surface area (Å²) in [5, 5.41) is 0.897. The molecule has 2 aromatic heterocycles. The molecule has 0 bridgehead atoms. The molecule has 4 aliphatic rings. The predicted molar refractivity (Wildman–Crippen MR) is 214 cm³/mol. The number of nitrogens with zero attached hydrogens (tertiary/aromatic N) is 4. The summed E-state index contributed by atoms with van der Waals surface area (Å²) < 4.78 is 39.2. The molecule has 10 nitrogen and oxygen atoms in total. The van der Waals surface area contributed by atoms with E-state index in [9.17, 15) is 4.79 Å². The van der Waals surface area contributed by atoms with Crippen LogP contribution in [0, 0.1) is 11.2 Å². The number of rotatable bonds is 10. The minimum atomic E-state index is -0.396. The van der Waals surface area contributed by atoms with Crippen molar-refractivity contribution in [2.24, 2.45) is 5.41 Å². The van der Waals surface area contributed by atoms with Crippen LogP contribution in [0.1, 0.15) is 85.5 Å². The maximum Gasteiger partial charge on any atom is 0.231 e. The van der Waals surface area contributed by atoms with Gasteiger partial charge in [0.25, 0.3) is 0 Å². The van der Waals surface area contributed by atoms with Gasteiger partial charge in [-0.2, -0.15) is 0 Å². The Kier molecular flexibility index (Phi) is 9.61. The molecule has 11 heteroatoms. The third kappa shape index (κ3) is 6.74. The van der Waals surface area contributed by atoms with Crippen LogP contribution in [0.4, 0.5) is 10.1 Å². The average molecular weight is 760 g/mol. The monoisotopic (exact) mass is 759 g/mol. The molecule has 0 amide bonds. The number of carbonyl (C=O) groups is 1. The van der Waals surface area contributed by atoms with Gasteiger partial charge in [-0.1, -0.05) is 44.2 Å². The van der Waals surface area contributed by atoms with E-state index in [1.54, 1.807) is 19.4 Å². The first-order valence-electron chi connectivity index (χ1n) is 19.9. The summed E-state index contributed by atoms with van der Waals surface area (Å²) in [6.45, 7) is 11.4. The fraction of sp³-hybridized carbons (Fsp3) is 0.422. The molecule has 56 heavy (non-hydrogen) atoms. The van der Waals surface area contributed by atoms with E-state index in [2.05, 4.69) is 68.8 Å². The van der Waals surface area contributed by atoms with E-state index in [0.29, 0.717) is 40.6 Å². The van der Waals surface area contributed by atoms with Gasteiger partial charge in [-0.05, 0) is 79.3 Å². The van der Waals surface area contributed by atoms with Gasteiger partial charge in [-0.3, -0.25) is 14.6 Å². The Bertz CT molecular complexity index is 2260. The van der Waals surface area contributed by atoms with E-state index in [1.807, 2.05) is 24.4 Å². The smallest absolute Gasteiger partial charge is 0.231 e. The van der Waals surface area contributed by atoms with Crippen LogP contribution in [0.2, 0.25) is 0 Å². The van der Waals surface area contributed by atoms with Crippen LogP contribution in [-0.4, -0.2) is 78.2 Å². The Morgan fingerprint density at radius 1 is 1.00 bits per heavy atom. The summed E-state index contributed by atoms with van der Waals surface area (Å²) in [6.07, 6.45) is 7.73. The number of hydrogen-bond donors (Lipinski definition) is 1. The topological polar surface area (TPSA) is 92.4 Å². The zero-order chi connectivity index (χ0) is 38.6. The normalized spacial score (nSPS) is 19.8. The molecule has 3 fully saturated rings. The third-order valence-electron chi connectivity index (χ3n) is 12.7. The highest BCUT2D eigenvalue weighted by Gasteiger charge is 2.50. The van der Waals surface area contributed by atoms with Gasteiger partial charge in [0.2, 0.25) is 12.5 Å². The minimum absolute atomic E-state index is 0.211. The standard InChI is InChI=1S/C45H50FN5O5/c1-28(2)34-7-5-6-8-35(34)39-26-49(25-31-9-10-40(53-4)43-42(31)54-27-55-43)17-18-51(39)32-22-45(23-32)12-15-50(16-13-45)38-21-41(36(29(3)52)20-37(38)46)56-33-19-30-11-14-47-44(30)48-24-33/h5-11,14,19-21,24,28,32,39H,12-13,15-18,22-23,25-27H2,1-4H3,(H,47,48)/t39-/m0/s1. The number of nitrogens with one attached hydrogen (secondary N) is 1. The van der Waals surface area contributed by atoms with Crippen molar-refractivity contribution in [3.63, 3.8) is 0 Å². The number of carbonyl (C=O) groups excluding carboxylic acids is 1. The largest absolute Gasteiger partial charge is 0.493 e. The molecule has 5 aromatic rings. The van der Waals surface area contributed by atoms with Gasteiger partial charge in [-0.25, -0.2) is 9.37 Å². The van der Waals surface area contributed by atoms with Crippen molar-refractivity contribution >= 4 is 22.5 Å². The number of ketones is 1. The van der Waals surface area contributed by atoms with Crippen molar-refractivity contribution in [3.05, 3.63) is 101 Å². The van der Waals surface area contributed by atoms with Crippen molar-refractivity contribution in [3.8, 4) is 28.7 Å². The van der Waals surface area contributed by atoms with Crippen LogP contribution < -0.4 is 23.8 Å². The third-order valence-corrected chi connectivity index (χ3v) is 12.7. The van der Waals surface area contributed by atoms with Crippen LogP contribution in [0.25, 0.3) is 11.0 Å². The lowest BCUT2D eigenvalue weighted by molar-refractivity contribution is -0.0629. The lowest BCUT2D eigenvalue weighted by Crippen LogP contribution is -2.60. The summed E-state index contributed by atoms with van der Waals surface area (Å²) in [5.74, 6) is 2.82. The van der Waals surface area contributed by atoms with Crippen molar-refractivity contribution in [1.29, 1.82) is 0 Å². The van der Waals surface area contributed by atoms with E-state index in [0.717, 1.165) is 87.3 Å². The molecule has 1 N–H and O–H groups in total. The fourth-order valence-corrected chi connectivity index (χ4v) is 9.66. The maximum atomic E-state index is 15.7. The number of piperazine rings is 1. The van der Waals surface area contributed by atoms with Crippen molar-refractivity contribution in [2.75, 3.05) is 51.5 Å². The molecular weight excluding hydrogens is 710 g/mol. The summed E-state index contributed by atoms with van der Waals surface area (Å²) >= 11 is 0. The van der Waals surface area contributed by atoms with Crippen LogP contribution in [0.5, 0.6) is 28.7 Å². The number of anilines is 1. The van der Waals surface area contributed by atoms with E-state index in [1.165, 1.54) is 24.1 Å². The van der Waals surface area contributed by atoms with E-state index in [-0.39, 0.29) is 29.6 Å². The van der Waals surface area contributed by atoms with Gasteiger partial charge < -0.3 is 28.8 Å². The highest BCUT2D eigenvalue weighted by molar-refractivity contribution is 5.97. The van der Waals surface area contributed by atoms with E-state index >= 15 is 4.39 Å². The summed E-state index contributed by atoms with van der Waals surface area (Å²) in [4.78, 5) is 27.6. The summed E-state index contributed by atoms with van der Waals surface area (Å²) in [7, 11) is 1.66. The van der Waals surface area contributed by atoms with Crippen LogP contribution >= 0.6 is 0 Å². The van der Waals surface area contributed by atoms with Crippen molar-refractivity contribution in [1.82, 2.24) is 19.8 Å². The molecule has 1 spiro atoms. The first kappa shape index (κ1) is 36.5. The lowest BCUT2D eigenvalue weighted by Gasteiger charge is -2.58. The van der Waals surface area contributed by atoms with Crippen LogP contribution in [-0.2, 0) is 6.54 Å². The zero-order valence-corrected chi connectivity index (χ0v) is 32.6. The van der Waals surface area contributed by atoms with Gasteiger partial charge in [0.1, 0.15) is 23.0 Å². The summed E-state index contributed by atoms with van der Waals surface area (Å²) in [6, 6.07) is 20.7. The number of H-pyrrole nitrogens is 1. The number of aromatic amines is 1. The molecule has 1 atom stereocenters. The van der Waals surface area contributed by atoms with Gasteiger partial charge in [0.05, 0.1) is 24.6 Å². The molecule has 3 aliphatic heterocycles. The van der Waals surface area contributed by atoms with E-state index < -0.39 is 5.82 Å². The van der Waals surface area contributed by atoms with Gasteiger partial charge in [0, 0.05) is 74.6 Å². The van der Waals surface area contributed by atoms with Crippen molar-refractivity contribution in [2.45, 2.75) is 71.0 Å². The Balaban J connectivity index is 0.899. The zero-order valence-electron chi connectivity index (χ0n) is 32.6. The first-order valence-corrected chi connectivity index (χ1v) is 19.9. The number of Topliss-reactive ketones (excluding diaryl/α,β-unsaturated/α-hetero) is 1. The van der Waals surface area contributed by atoms with E-state index in [4.69, 9.17) is 18.9 Å². The Morgan fingerprint density at radius 3 is 2.59 bits per heavy atom. The number of ether oxygens (including phenoxy) is 4. The van der Waals surface area contributed by atoms with Crippen LogP contribution in [0.3, 0.4) is 0 Å². The number of aromatic nitrogens is 2. The molecule has 5 heterocycles. The number of pyridine rings is 1. The average Bonchev–Trinajstić information content (AvgIpc) is 3.88. The molecule has 2 saturated heterocycles. The number of methoxy groups -OCH3 is 1.